The number of urea groups is 1. The molecule has 1 aromatic carbocycles. The van der Waals surface area contributed by atoms with E-state index < -0.39 is 12.1 Å². The Morgan fingerprint density at radius 1 is 1.23 bits per heavy atom. The van der Waals surface area contributed by atoms with Gasteiger partial charge in [-0.25, -0.2) is 4.79 Å². The van der Waals surface area contributed by atoms with E-state index in [9.17, 15) is 14.4 Å². The second kappa shape index (κ2) is 8.73. The quantitative estimate of drug-likeness (QED) is 0.548. The maximum absolute atomic E-state index is 12.6. The highest BCUT2D eigenvalue weighted by Crippen LogP contribution is 2.18. The van der Waals surface area contributed by atoms with E-state index in [1.54, 1.807) is 28.7 Å². The fourth-order valence-electron chi connectivity index (χ4n) is 3.55. The molecular formula is C21H21ClN6O3. The van der Waals surface area contributed by atoms with Crippen LogP contribution < -0.4 is 10.6 Å². The summed E-state index contributed by atoms with van der Waals surface area (Å²) in [6.07, 6.45) is 2.12. The van der Waals surface area contributed by atoms with Gasteiger partial charge >= 0.3 is 6.03 Å². The number of fused-ring (bicyclic) bond motifs is 1. The van der Waals surface area contributed by atoms with Crippen LogP contribution in [0.1, 0.15) is 37.2 Å². The molecule has 1 aliphatic heterocycles. The molecule has 3 aromatic rings. The van der Waals surface area contributed by atoms with Crippen molar-refractivity contribution in [2.45, 2.75) is 38.4 Å². The number of rotatable bonds is 7. The molecule has 160 valence electrons. The number of hydrogen-bond acceptors (Lipinski definition) is 5. The number of pyridine rings is 1. The van der Waals surface area contributed by atoms with E-state index in [1.165, 1.54) is 0 Å². The van der Waals surface area contributed by atoms with Gasteiger partial charge < -0.3 is 10.6 Å². The number of carbonyl (C=O) groups excluding carboxylic acids is 3. The summed E-state index contributed by atoms with van der Waals surface area (Å²) in [6, 6.07) is 11.0. The minimum absolute atomic E-state index is 0.0861. The van der Waals surface area contributed by atoms with Gasteiger partial charge in [0, 0.05) is 17.6 Å². The van der Waals surface area contributed by atoms with Crippen LogP contribution in [-0.2, 0) is 16.1 Å². The summed E-state index contributed by atoms with van der Waals surface area (Å²) in [5.41, 5.74) is 1.45. The molecule has 0 radical (unpaired) electrons. The van der Waals surface area contributed by atoms with Gasteiger partial charge in [0.25, 0.3) is 5.91 Å². The Bertz CT molecular complexity index is 1150. The number of halogens is 1. The van der Waals surface area contributed by atoms with E-state index in [4.69, 9.17) is 11.6 Å². The van der Waals surface area contributed by atoms with Crippen molar-refractivity contribution in [2.75, 3.05) is 0 Å². The molecule has 0 aliphatic carbocycles. The molecular weight excluding hydrogens is 420 g/mol. The van der Waals surface area contributed by atoms with Crippen LogP contribution in [0.25, 0.3) is 5.65 Å². The zero-order chi connectivity index (χ0) is 22.0. The van der Waals surface area contributed by atoms with Crippen LogP contribution in [-0.4, -0.2) is 43.4 Å². The molecule has 1 aliphatic rings. The van der Waals surface area contributed by atoms with Crippen molar-refractivity contribution < 1.29 is 14.4 Å². The summed E-state index contributed by atoms with van der Waals surface area (Å²) in [5, 5.41) is 14.3. The van der Waals surface area contributed by atoms with Crippen LogP contribution in [0, 0.1) is 0 Å². The average molecular weight is 441 g/mol. The Balaban J connectivity index is 1.32. The molecule has 9 nitrogen and oxygen atoms in total. The SMILES string of the molecule is C[C@H](NC(=O)CCC1NC(=O)N(Cc2cccc(Cl)c2)C1=O)c1nnc2ccccn12. The van der Waals surface area contributed by atoms with Gasteiger partial charge in [-0.15, -0.1) is 10.2 Å². The minimum Gasteiger partial charge on any atom is -0.346 e. The van der Waals surface area contributed by atoms with Crippen molar-refractivity contribution in [1.82, 2.24) is 30.1 Å². The lowest BCUT2D eigenvalue weighted by Crippen LogP contribution is -2.33. The first kappa shape index (κ1) is 20.8. The highest BCUT2D eigenvalue weighted by molar-refractivity contribution is 6.30. The van der Waals surface area contributed by atoms with Crippen molar-refractivity contribution in [2.24, 2.45) is 0 Å². The largest absolute Gasteiger partial charge is 0.346 e. The first-order chi connectivity index (χ1) is 14.9. The van der Waals surface area contributed by atoms with E-state index in [2.05, 4.69) is 20.8 Å². The fourth-order valence-corrected chi connectivity index (χ4v) is 3.76. The van der Waals surface area contributed by atoms with Gasteiger partial charge in [-0.05, 0) is 43.2 Å². The van der Waals surface area contributed by atoms with Crippen LogP contribution in [0.3, 0.4) is 0 Å². The maximum Gasteiger partial charge on any atom is 0.325 e. The van der Waals surface area contributed by atoms with Crippen molar-refractivity contribution in [3.8, 4) is 0 Å². The highest BCUT2D eigenvalue weighted by Gasteiger charge is 2.37. The third-order valence-corrected chi connectivity index (χ3v) is 5.34. The molecule has 0 spiro atoms. The van der Waals surface area contributed by atoms with Gasteiger partial charge in [0.2, 0.25) is 5.91 Å². The molecule has 4 amide bonds. The summed E-state index contributed by atoms with van der Waals surface area (Å²) in [5.74, 6) is 0.0201. The zero-order valence-corrected chi connectivity index (χ0v) is 17.5. The van der Waals surface area contributed by atoms with Crippen LogP contribution in [0.5, 0.6) is 0 Å². The van der Waals surface area contributed by atoms with E-state index in [0.717, 1.165) is 10.5 Å². The van der Waals surface area contributed by atoms with Crippen molar-refractivity contribution in [3.05, 3.63) is 65.1 Å². The summed E-state index contributed by atoms with van der Waals surface area (Å²) in [4.78, 5) is 38.4. The lowest BCUT2D eigenvalue weighted by atomic mass is 10.1. The molecule has 2 aromatic heterocycles. The third-order valence-electron chi connectivity index (χ3n) is 5.10. The Morgan fingerprint density at radius 2 is 2.06 bits per heavy atom. The summed E-state index contributed by atoms with van der Waals surface area (Å²) in [6.45, 7) is 1.95. The molecule has 1 fully saturated rings. The van der Waals surface area contributed by atoms with Gasteiger partial charge in [-0.1, -0.05) is 29.8 Å². The number of carbonyl (C=O) groups is 3. The molecule has 1 saturated heterocycles. The van der Waals surface area contributed by atoms with E-state index in [1.807, 2.05) is 31.3 Å². The van der Waals surface area contributed by atoms with Crippen molar-refractivity contribution in [1.29, 1.82) is 0 Å². The predicted molar refractivity (Wildman–Crippen MR) is 113 cm³/mol. The predicted octanol–water partition coefficient (Wildman–Crippen LogP) is 2.46. The normalized spacial score (nSPS) is 17.1. The summed E-state index contributed by atoms with van der Waals surface area (Å²) in [7, 11) is 0. The fraction of sp³-hybridized carbons (Fsp3) is 0.286. The summed E-state index contributed by atoms with van der Waals surface area (Å²) >= 11 is 5.97. The molecule has 1 unspecified atom stereocenters. The van der Waals surface area contributed by atoms with E-state index in [-0.39, 0.29) is 37.2 Å². The number of imide groups is 1. The van der Waals surface area contributed by atoms with Crippen LogP contribution in [0.15, 0.2) is 48.7 Å². The molecule has 0 saturated carbocycles. The maximum atomic E-state index is 12.6. The van der Waals surface area contributed by atoms with Crippen LogP contribution >= 0.6 is 11.6 Å². The highest BCUT2D eigenvalue weighted by atomic mass is 35.5. The van der Waals surface area contributed by atoms with Gasteiger partial charge in [0.15, 0.2) is 11.5 Å². The lowest BCUT2D eigenvalue weighted by Gasteiger charge is -2.14. The van der Waals surface area contributed by atoms with Crippen molar-refractivity contribution in [3.63, 3.8) is 0 Å². The second-order valence-electron chi connectivity index (χ2n) is 7.37. The topological polar surface area (TPSA) is 109 Å². The van der Waals surface area contributed by atoms with Crippen molar-refractivity contribution >= 4 is 35.1 Å². The number of benzene rings is 1. The number of amides is 4. The molecule has 2 N–H and O–H groups in total. The molecule has 31 heavy (non-hydrogen) atoms. The number of nitrogens with one attached hydrogen (secondary N) is 2. The Hall–Kier alpha value is -3.46. The van der Waals surface area contributed by atoms with Crippen LogP contribution in [0.4, 0.5) is 4.79 Å². The van der Waals surface area contributed by atoms with Gasteiger partial charge in [0.05, 0.1) is 12.6 Å². The third kappa shape index (κ3) is 4.51. The van der Waals surface area contributed by atoms with Crippen LogP contribution in [0.2, 0.25) is 5.02 Å². The van der Waals surface area contributed by atoms with Gasteiger partial charge in [-0.3, -0.25) is 18.9 Å². The lowest BCUT2D eigenvalue weighted by molar-refractivity contribution is -0.128. The average Bonchev–Trinajstić information content (AvgIpc) is 3.29. The number of hydrogen-bond donors (Lipinski definition) is 2. The second-order valence-corrected chi connectivity index (χ2v) is 7.81. The van der Waals surface area contributed by atoms with Gasteiger partial charge in [-0.2, -0.15) is 0 Å². The molecule has 2 atom stereocenters. The Morgan fingerprint density at radius 3 is 2.87 bits per heavy atom. The zero-order valence-electron chi connectivity index (χ0n) is 16.8. The Kier molecular flexibility index (Phi) is 5.85. The number of nitrogens with zero attached hydrogens (tertiary/aromatic N) is 4. The molecule has 10 heteroatoms. The monoisotopic (exact) mass is 440 g/mol. The standard InChI is InChI=1S/C21H21ClN6O3/c1-13(19-26-25-17-7-2-3-10-27(17)19)23-18(29)9-8-16-20(30)28(21(31)24-16)12-14-5-4-6-15(22)11-14/h2-7,10-11,13,16H,8-9,12H2,1H3,(H,23,29)(H,24,31)/t13-,16?/m0/s1. The van der Waals surface area contributed by atoms with E-state index >= 15 is 0 Å². The Labute approximate surface area is 183 Å². The smallest absolute Gasteiger partial charge is 0.325 e. The first-order valence-corrected chi connectivity index (χ1v) is 10.3. The number of aromatic nitrogens is 3. The minimum atomic E-state index is -0.735. The first-order valence-electron chi connectivity index (χ1n) is 9.87. The molecule has 0 bridgehead atoms. The molecule has 3 heterocycles. The summed E-state index contributed by atoms with van der Waals surface area (Å²) < 4.78 is 1.80. The van der Waals surface area contributed by atoms with E-state index in [0.29, 0.717) is 16.5 Å². The van der Waals surface area contributed by atoms with Gasteiger partial charge in [0.1, 0.15) is 6.04 Å². The molecule has 4 rings (SSSR count).